The molecule has 0 unspecified atom stereocenters. The number of hydrogen-bond donors (Lipinski definition) is 2. The number of hydrogen-bond acceptors (Lipinski definition) is 5. The molecular formula is C21H33ClN4O. The van der Waals surface area contributed by atoms with Gasteiger partial charge in [0.15, 0.2) is 0 Å². The number of nitrogen functional groups attached to an aromatic ring is 2. The van der Waals surface area contributed by atoms with Crippen LogP contribution in [-0.4, -0.2) is 16.6 Å². The van der Waals surface area contributed by atoms with Gasteiger partial charge in [0.25, 0.3) is 0 Å². The van der Waals surface area contributed by atoms with Crippen LogP contribution in [0.3, 0.4) is 0 Å². The van der Waals surface area contributed by atoms with Gasteiger partial charge in [-0.25, -0.2) is 4.98 Å². The normalized spacial score (nSPS) is 10.5. The zero-order valence-electron chi connectivity index (χ0n) is 16.8. The maximum absolute atomic E-state index is 6.19. The largest absolute Gasteiger partial charge is 0.493 e. The van der Waals surface area contributed by atoms with Gasteiger partial charge in [-0.3, -0.25) is 0 Å². The summed E-state index contributed by atoms with van der Waals surface area (Å²) in [7, 11) is 0. The van der Waals surface area contributed by atoms with Crippen molar-refractivity contribution in [3.05, 3.63) is 40.6 Å². The van der Waals surface area contributed by atoms with Crippen molar-refractivity contribution in [1.29, 1.82) is 0 Å². The molecular weight excluding hydrogens is 360 g/mol. The molecule has 0 spiro atoms. The minimum Gasteiger partial charge on any atom is -0.493 e. The molecule has 0 aliphatic carbocycles. The standard InChI is InChI=1S/C21H32N4O.ClH/c1-4-7-10-26-19-16(8-5-2)11-15(12-17(19)9-6-3)13-18-14-24-21(23)25-20(18)22;/h11-12,14H,4-10,13H2,1-3H3,(H4,22,23,24,25);1H. The van der Waals surface area contributed by atoms with Crippen LogP contribution < -0.4 is 16.2 Å². The second-order valence-corrected chi connectivity index (χ2v) is 6.76. The fraction of sp³-hybridized carbons (Fsp3) is 0.524. The van der Waals surface area contributed by atoms with Crippen LogP contribution in [0.25, 0.3) is 0 Å². The molecule has 0 amide bonds. The van der Waals surface area contributed by atoms with Gasteiger partial charge in [-0.15, -0.1) is 12.4 Å². The minimum atomic E-state index is 0. The third kappa shape index (κ3) is 6.58. The van der Waals surface area contributed by atoms with E-state index in [1.165, 1.54) is 16.7 Å². The third-order valence-electron chi connectivity index (χ3n) is 4.40. The Labute approximate surface area is 169 Å². The van der Waals surface area contributed by atoms with Gasteiger partial charge < -0.3 is 16.2 Å². The molecule has 2 rings (SSSR count). The average molecular weight is 393 g/mol. The summed E-state index contributed by atoms with van der Waals surface area (Å²) >= 11 is 0. The average Bonchev–Trinajstić information content (AvgIpc) is 2.60. The molecule has 1 aromatic carbocycles. The van der Waals surface area contributed by atoms with Crippen LogP contribution in [0.2, 0.25) is 0 Å². The van der Waals surface area contributed by atoms with E-state index in [9.17, 15) is 0 Å². The lowest BCUT2D eigenvalue weighted by Gasteiger charge is -2.18. The summed E-state index contributed by atoms with van der Waals surface area (Å²) in [4.78, 5) is 8.16. The molecule has 0 aliphatic heterocycles. The molecule has 0 aliphatic rings. The molecule has 0 radical (unpaired) electrons. The van der Waals surface area contributed by atoms with Gasteiger partial charge in [-0.1, -0.05) is 52.2 Å². The van der Waals surface area contributed by atoms with Crippen LogP contribution in [0.5, 0.6) is 5.75 Å². The number of aromatic nitrogens is 2. The van der Waals surface area contributed by atoms with Gasteiger partial charge in [0.05, 0.1) is 6.61 Å². The second-order valence-electron chi connectivity index (χ2n) is 6.76. The highest BCUT2D eigenvalue weighted by Gasteiger charge is 2.13. The first-order chi connectivity index (χ1) is 12.6. The molecule has 2 aromatic rings. The van der Waals surface area contributed by atoms with Gasteiger partial charge in [-0.05, 0) is 36.0 Å². The predicted octanol–water partition coefficient (Wildman–Crippen LogP) is 4.74. The lowest BCUT2D eigenvalue weighted by Crippen LogP contribution is -2.07. The third-order valence-corrected chi connectivity index (χ3v) is 4.40. The van der Waals surface area contributed by atoms with Crippen molar-refractivity contribution in [2.45, 2.75) is 65.7 Å². The van der Waals surface area contributed by atoms with E-state index in [4.69, 9.17) is 16.2 Å². The first kappa shape index (κ1) is 23.0. The van der Waals surface area contributed by atoms with Crippen molar-refractivity contribution >= 4 is 24.2 Å². The van der Waals surface area contributed by atoms with E-state index in [1.807, 2.05) is 0 Å². The molecule has 27 heavy (non-hydrogen) atoms. The van der Waals surface area contributed by atoms with Crippen LogP contribution in [-0.2, 0) is 19.3 Å². The second kappa shape index (κ2) is 11.7. The molecule has 4 N–H and O–H groups in total. The number of halogens is 1. The number of nitrogens with two attached hydrogens (primary N) is 2. The van der Waals surface area contributed by atoms with E-state index in [2.05, 4.69) is 42.9 Å². The summed E-state index contributed by atoms with van der Waals surface area (Å²) in [5.74, 6) is 1.76. The number of unbranched alkanes of at least 4 members (excludes halogenated alkanes) is 1. The highest BCUT2D eigenvalue weighted by molar-refractivity contribution is 5.85. The summed E-state index contributed by atoms with van der Waals surface area (Å²) in [6, 6.07) is 4.50. The van der Waals surface area contributed by atoms with Gasteiger partial charge in [0.2, 0.25) is 5.95 Å². The van der Waals surface area contributed by atoms with Crippen molar-refractivity contribution in [1.82, 2.24) is 9.97 Å². The molecule has 0 saturated carbocycles. The Morgan fingerprint density at radius 2 is 1.56 bits per heavy atom. The Hall–Kier alpha value is -2.01. The van der Waals surface area contributed by atoms with Gasteiger partial charge in [-0.2, -0.15) is 4.98 Å². The van der Waals surface area contributed by atoms with E-state index in [0.29, 0.717) is 12.2 Å². The Balaban J connectivity index is 0.00000364. The smallest absolute Gasteiger partial charge is 0.221 e. The van der Waals surface area contributed by atoms with Gasteiger partial charge in [0.1, 0.15) is 11.6 Å². The fourth-order valence-electron chi connectivity index (χ4n) is 3.13. The maximum Gasteiger partial charge on any atom is 0.221 e. The lowest BCUT2D eigenvalue weighted by molar-refractivity contribution is 0.303. The predicted molar refractivity (Wildman–Crippen MR) is 116 cm³/mol. The molecule has 0 atom stereocenters. The van der Waals surface area contributed by atoms with Crippen molar-refractivity contribution in [3.63, 3.8) is 0 Å². The number of benzene rings is 1. The highest BCUT2D eigenvalue weighted by Crippen LogP contribution is 2.30. The lowest BCUT2D eigenvalue weighted by atomic mass is 9.95. The summed E-state index contributed by atoms with van der Waals surface area (Å²) in [5.41, 5.74) is 16.3. The van der Waals surface area contributed by atoms with Crippen molar-refractivity contribution < 1.29 is 4.74 Å². The molecule has 0 saturated heterocycles. The van der Waals surface area contributed by atoms with Crippen molar-refractivity contribution in [2.75, 3.05) is 18.1 Å². The zero-order chi connectivity index (χ0) is 18.9. The summed E-state index contributed by atoms with van der Waals surface area (Å²) in [6.07, 6.45) is 8.86. The van der Waals surface area contributed by atoms with E-state index in [0.717, 1.165) is 56.4 Å². The Bertz CT molecular complexity index is 694. The van der Waals surface area contributed by atoms with E-state index < -0.39 is 0 Å². The van der Waals surface area contributed by atoms with Crippen LogP contribution in [0.1, 0.15) is 68.7 Å². The fourth-order valence-corrected chi connectivity index (χ4v) is 3.13. The monoisotopic (exact) mass is 392 g/mol. The van der Waals surface area contributed by atoms with Crippen LogP contribution in [0.4, 0.5) is 11.8 Å². The first-order valence-electron chi connectivity index (χ1n) is 9.73. The van der Waals surface area contributed by atoms with E-state index in [-0.39, 0.29) is 18.4 Å². The molecule has 0 fully saturated rings. The first-order valence-corrected chi connectivity index (χ1v) is 9.73. The van der Waals surface area contributed by atoms with Crippen molar-refractivity contribution in [2.24, 2.45) is 0 Å². The van der Waals surface area contributed by atoms with E-state index in [1.54, 1.807) is 6.20 Å². The van der Waals surface area contributed by atoms with Crippen LogP contribution in [0, 0.1) is 0 Å². The number of ether oxygens (including phenoxy) is 1. The minimum absolute atomic E-state index is 0. The Morgan fingerprint density at radius 3 is 2.07 bits per heavy atom. The summed E-state index contributed by atoms with van der Waals surface area (Å²) < 4.78 is 6.19. The zero-order valence-corrected chi connectivity index (χ0v) is 17.6. The highest BCUT2D eigenvalue weighted by atomic mass is 35.5. The van der Waals surface area contributed by atoms with Gasteiger partial charge in [0, 0.05) is 18.2 Å². The topological polar surface area (TPSA) is 87.0 Å². The summed E-state index contributed by atoms with van der Waals surface area (Å²) in [6.45, 7) is 7.37. The molecule has 0 bridgehead atoms. The van der Waals surface area contributed by atoms with Crippen LogP contribution >= 0.6 is 12.4 Å². The van der Waals surface area contributed by atoms with Gasteiger partial charge >= 0.3 is 0 Å². The molecule has 5 nitrogen and oxygen atoms in total. The number of nitrogens with zero attached hydrogens (tertiary/aromatic N) is 2. The number of rotatable bonds is 10. The van der Waals surface area contributed by atoms with Crippen molar-refractivity contribution in [3.8, 4) is 5.75 Å². The number of anilines is 2. The Morgan fingerprint density at radius 1 is 0.926 bits per heavy atom. The SMILES string of the molecule is CCCCOc1c(CCC)cc(Cc2cnc(N)nc2N)cc1CCC.Cl. The molecule has 1 aromatic heterocycles. The number of aryl methyl sites for hydroxylation is 2. The molecule has 150 valence electrons. The summed E-state index contributed by atoms with van der Waals surface area (Å²) in [5, 5.41) is 0. The molecule has 1 heterocycles. The Kier molecular flexibility index (Phi) is 9.94. The van der Waals surface area contributed by atoms with E-state index >= 15 is 0 Å². The molecule has 6 heteroatoms. The maximum atomic E-state index is 6.19. The quantitative estimate of drug-likeness (QED) is 0.570. The van der Waals surface area contributed by atoms with Crippen LogP contribution in [0.15, 0.2) is 18.3 Å².